The number of anilines is 1. The van der Waals surface area contributed by atoms with E-state index >= 15 is 0 Å². The molecule has 1 aromatic heterocycles. The van der Waals surface area contributed by atoms with Crippen molar-refractivity contribution in [2.24, 2.45) is 0 Å². The fourth-order valence-corrected chi connectivity index (χ4v) is 1.96. The highest BCUT2D eigenvalue weighted by atomic mass is 16.5. The lowest BCUT2D eigenvalue weighted by Gasteiger charge is -2.18. The molecule has 9 nitrogen and oxygen atoms in total. The average molecular weight is 362 g/mol. The zero-order valence-corrected chi connectivity index (χ0v) is 14.8. The summed E-state index contributed by atoms with van der Waals surface area (Å²) in [6.45, 7) is 4.65. The summed E-state index contributed by atoms with van der Waals surface area (Å²) in [4.78, 5) is 26.9. The summed E-state index contributed by atoms with van der Waals surface area (Å²) in [6.07, 6.45) is 0.480. The normalized spacial score (nSPS) is 13.3. The van der Waals surface area contributed by atoms with Crippen LogP contribution < -0.4 is 10.6 Å². The molecule has 0 fully saturated rings. The molecule has 0 saturated heterocycles. The van der Waals surface area contributed by atoms with Crippen molar-refractivity contribution in [2.45, 2.75) is 38.7 Å². The maximum Gasteiger partial charge on any atom is 0.337 e. The Bertz CT molecular complexity index is 768. The maximum absolute atomic E-state index is 11.8. The lowest BCUT2D eigenvalue weighted by molar-refractivity contribution is -0.155. The fourth-order valence-electron chi connectivity index (χ4n) is 1.96. The first-order chi connectivity index (χ1) is 12.2. The van der Waals surface area contributed by atoms with Gasteiger partial charge in [0.25, 0.3) is 0 Å². The monoisotopic (exact) mass is 362 g/mol. The molecule has 0 aliphatic carbocycles. The van der Waals surface area contributed by atoms with Gasteiger partial charge in [-0.3, -0.25) is 0 Å². The molecule has 0 saturated carbocycles. The number of rotatable bonds is 7. The Morgan fingerprint density at radius 2 is 1.92 bits per heavy atom. The molecule has 2 amide bonds. The Morgan fingerprint density at radius 3 is 2.46 bits per heavy atom. The van der Waals surface area contributed by atoms with Crippen molar-refractivity contribution in [3.05, 3.63) is 41.5 Å². The van der Waals surface area contributed by atoms with Gasteiger partial charge in [-0.25, -0.2) is 9.59 Å². The van der Waals surface area contributed by atoms with Gasteiger partial charge in [0, 0.05) is 11.6 Å². The molecule has 0 spiro atoms. The number of nitrogens with one attached hydrogen (secondary N) is 2. The number of carboxylic acid groups (broad SMARTS) is 1. The van der Waals surface area contributed by atoms with E-state index in [1.165, 1.54) is 0 Å². The van der Waals surface area contributed by atoms with Gasteiger partial charge in [-0.2, -0.15) is 4.98 Å². The van der Waals surface area contributed by atoms with Crippen molar-refractivity contribution in [3.63, 3.8) is 0 Å². The van der Waals surface area contributed by atoms with E-state index in [0.717, 1.165) is 12.5 Å². The second-order valence-corrected chi connectivity index (χ2v) is 6.46. The van der Waals surface area contributed by atoms with E-state index in [4.69, 9.17) is 9.63 Å². The van der Waals surface area contributed by atoms with Crippen LogP contribution in [0.25, 0.3) is 0 Å². The number of benzene rings is 1. The van der Waals surface area contributed by atoms with Gasteiger partial charge < -0.3 is 25.4 Å². The zero-order valence-electron chi connectivity index (χ0n) is 14.8. The number of carboxylic acids is 1. The number of aliphatic carboxylic acids is 1. The highest BCUT2D eigenvalue weighted by molar-refractivity contribution is 5.89. The molecule has 1 atom stereocenters. The van der Waals surface area contributed by atoms with Crippen LogP contribution in [0.3, 0.4) is 0 Å². The third-order valence-electron chi connectivity index (χ3n) is 3.62. The van der Waals surface area contributed by atoms with Crippen molar-refractivity contribution < 1.29 is 24.3 Å². The minimum atomic E-state index is -2.03. The van der Waals surface area contributed by atoms with Gasteiger partial charge in [0.1, 0.15) is 0 Å². The number of carbonyl (C=O) groups is 2. The summed E-state index contributed by atoms with van der Waals surface area (Å²) in [5, 5.41) is 27.1. The van der Waals surface area contributed by atoms with Gasteiger partial charge >= 0.3 is 12.0 Å². The van der Waals surface area contributed by atoms with Crippen LogP contribution in [0.1, 0.15) is 44.0 Å². The van der Waals surface area contributed by atoms with Crippen LogP contribution in [-0.4, -0.2) is 44.5 Å². The number of hydrogen-bond acceptors (Lipinski definition) is 6. The van der Waals surface area contributed by atoms with E-state index in [1.54, 1.807) is 12.1 Å². The van der Waals surface area contributed by atoms with Crippen LogP contribution in [0.2, 0.25) is 0 Å². The highest BCUT2D eigenvalue weighted by Gasteiger charge is 2.30. The van der Waals surface area contributed by atoms with Gasteiger partial charge in [-0.15, -0.1) is 0 Å². The minimum Gasteiger partial charge on any atom is -0.479 e. The summed E-state index contributed by atoms with van der Waals surface area (Å²) in [5.74, 6) is -0.0430. The smallest absolute Gasteiger partial charge is 0.337 e. The van der Waals surface area contributed by atoms with E-state index in [9.17, 15) is 14.7 Å². The fraction of sp³-hybridized carbons (Fsp3) is 0.412. The lowest BCUT2D eigenvalue weighted by Crippen LogP contribution is -2.47. The van der Waals surface area contributed by atoms with Gasteiger partial charge in [-0.1, -0.05) is 31.1 Å². The highest BCUT2D eigenvalue weighted by Crippen LogP contribution is 2.15. The molecular formula is C17H22N4O5. The largest absolute Gasteiger partial charge is 0.479 e. The Kier molecular flexibility index (Phi) is 5.93. The molecule has 0 radical (unpaired) electrons. The van der Waals surface area contributed by atoms with Crippen LogP contribution in [0, 0.1) is 0 Å². The summed E-state index contributed by atoms with van der Waals surface area (Å²) in [7, 11) is 0. The van der Waals surface area contributed by atoms with Crippen LogP contribution >= 0.6 is 0 Å². The number of carbonyl (C=O) groups excluding carboxylic acids is 1. The summed E-state index contributed by atoms with van der Waals surface area (Å²) < 4.78 is 5.20. The van der Waals surface area contributed by atoms with Crippen molar-refractivity contribution in [1.82, 2.24) is 15.5 Å². The Labute approximate surface area is 150 Å². The standard InChI is InChI=1S/C17H22N4O5/c1-10(2)14-20-13(26-21-14)8-11-4-6-12(7-5-11)19-16(24)18-9-17(3,25)15(22)23/h4-7,10,25H,8-9H2,1-3H3,(H,22,23)(H2,18,19,24). The number of hydrogen-bond donors (Lipinski definition) is 4. The predicted molar refractivity (Wildman–Crippen MR) is 92.9 cm³/mol. The van der Waals surface area contributed by atoms with E-state index < -0.39 is 24.1 Å². The van der Waals surface area contributed by atoms with E-state index in [2.05, 4.69) is 20.8 Å². The molecule has 1 aromatic carbocycles. The molecule has 4 N–H and O–H groups in total. The van der Waals surface area contributed by atoms with E-state index in [1.807, 2.05) is 26.0 Å². The topological polar surface area (TPSA) is 138 Å². The number of urea groups is 1. The average Bonchev–Trinajstić information content (AvgIpc) is 3.03. The lowest BCUT2D eigenvalue weighted by atomic mass is 10.1. The zero-order chi connectivity index (χ0) is 19.3. The van der Waals surface area contributed by atoms with Gasteiger partial charge in [-0.05, 0) is 24.6 Å². The predicted octanol–water partition coefficient (Wildman–Crippen LogP) is 1.74. The van der Waals surface area contributed by atoms with Crippen molar-refractivity contribution in [3.8, 4) is 0 Å². The first-order valence-electron chi connectivity index (χ1n) is 8.09. The maximum atomic E-state index is 11.8. The Balaban J connectivity index is 1.88. The molecule has 0 aliphatic heterocycles. The van der Waals surface area contributed by atoms with Crippen molar-refractivity contribution in [2.75, 3.05) is 11.9 Å². The van der Waals surface area contributed by atoms with E-state index in [0.29, 0.717) is 23.8 Å². The van der Waals surface area contributed by atoms with Crippen LogP contribution in [0.5, 0.6) is 0 Å². The quantitative estimate of drug-likeness (QED) is 0.588. The molecule has 2 rings (SSSR count). The SMILES string of the molecule is CC(C)c1noc(Cc2ccc(NC(=O)NCC(C)(O)C(=O)O)cc2)n1. The Morgan fingerprint density at radius 1 is 1.27 bits per heavy atom. The minimum absolute atomic E-state index is 0.194. The summed E-state index contributed by atoms with van der Waals surface area (Å²) in [6, 6.07) is 6.40. The summed E-state index contributed by atoms with van der Waals surface area (Å²) >= 11 is 0. The molecular weight excluding hydrogens is 340 g/mol. The van der Waals surface area contributed by atoms with E-state index in [-0.39, 0.29) is 5.92 Å². The number of aromatic nitrogens is 2. The molecule has 9 heteroatoms. The first kappa shape index (κ1) is 19.4. The number of aliphatic hydroxyl groups is 1. The third kappa shape index (κ3) is 5.28. The molecule has 2 aromatic rings. The van der Waals surface area contributed by atoms with Crippen molar-refractivity contribution >= 4 is 17.7 Å². The number of nitrogens with zero attached hydrogens (tertiary/aromatic N) is 2. The van der Waals surface area contributed by atoms with Gasteiger partial charge in [0.15, 0.2) is 11.4 Å². The molecule has 26 heavy (non-hydrogen) atoms. The van der Waals surface area contributed by atoms with Crippen LogP contribution in [0.15, 0.2) is 28.8 Å². The van der Waals surface area contributed by atoms with Crippen LogP contribution in [0.4, 0.5) is 10.5 Å². The van der Waals surface area contributed by atoms with Gasteiger partial charge in [0.05, 0.1) is 13.0 Å². The summed E-state index contributed by atoms with van der Waals surface area (Å²) in [5.41, 5.74) is -0.571. The van der Waals surface area contributed by atoms with Gasteiger partial charge in [0.2, 0.25) is 5.89 Å². The first-order valence-corrected chi connectivity index (χ1v) is 8.09. The Hall–Kier alpha value is -2.94. The number of amides is 2. The molecule has 0 bridgehead atoms. The molecule has 0 aliphatic rings. The molecule has 1 heterocycles. The second kappa shape index (κ2) is 7.96. The second-order valence-electron chi connectivity index (χ2n) is 6.46. The van der Waals surface area contributed by atoms with Crippen molar-refractivity contribution in [1.29, 1.82) is 0 Å². The third-order valence-corrected chi connectivity index (χ3v) is 3.62. The molecule has 1 unspecified atom stereocenters. The van der Waals surface area contributed by atoms with Crippen LogP contribution in [-0.2, 0) is 11.2 Å². The molecule has 140 valence electrons.